The van der Waals surface area contributed by atoms with Gasteiger partial charge in [0.2, 0.25) is 0 Å². The van der Waals surface area contributed by atoms with Crippen molar-refractivity contribution in [2.24, 2.45) is 0 Å². The van der Waals surface area contributed by atoms with E-state index in [1.165, 1.54) is 44.5 Å². The highest BCUT2D eigenvalue weighted by Gasteiger charge is 2.20. The van der Waals surface area contributed by atoms with E-state index in [0.717, 1.165) is 12.8 Å². The Morgan fingerprint density at radius 1 is 0.808 bits per heavy atom. The van der Waals surface area contributed by atoms with E-state index < -0.39 is 0 Å². The number of allylic oxidation sites excluding steroid dienone is 1. The van der Waals surface area contributed by atoms with Crippen molar-refractivity contribution < 1.29 is 0 Å². The maximum atomic E-state index is 2.47. The van der Waals surface area contributed by atoms with Gasteiger partial charge in [-0.3, -0.25) is 0 Å². The maximum Gasteiger partial charge on any atom is 0.0567 e. The summed E-state index contributed by atoms with van der Waals surface area (Å²) in [4.78, 5) is 0. The molecule has 26 heavy (non-hydrogen) atoms. The van der Waals surface area contributed by atoms with E-state index >= 15 is 0 Å². The molecule has 1 heterocycles. The highest BCUT2D eigenvalue weighted by atomic mass is 15.0. The molecule has 0 spiro atoms. The molecule has 0 aliphatic heterocycles. The molecule has 0 saturated heterocycles. The molecular formula is C25H21N. The summed E-state index contributed by atoms with van der Waals surface area (Å²) in [5.41, 5.74) is 9.31. The Morgan fingerprint density at radius 3 is 2.31 bits per heavy atom. The third kappa shape index (κ3) is 2.32. The molecule has 1 aliphatic rings. The second kappa shape index (κ2) is 6.03. The average Bonchev–Trinajstić information content (AvgIpc) is 3.04. The van der Waals surface area contributed by atoms with Crippen molar-refractivity contribution in [1.82, 2.24) is 4.57 Å². The fourth-order valence-electron chi connectivity index (χ4n) is 4.21. The predicted molar refractivity (Wildman–Crippen MR) is 111 cm³/mol. The second-order valence-corrected chi connectivity index (χ2v) is 7.03. The van der Waals surface area contributed by atoms with Gasteiger partial charge in [0.05, 0.1) is 5.52 Å². The zero-order chi connectivity index (χ0) is 17.5. The van der Waals surface area contributed by atoms with Gasteiger partial charge in [0.15, 0.2) is 0 Å². The molecular weight excluding hydrogens is 314 g/mol. The summed E-state index contributed by atoms with van der Waals surface area (Å²) in [6.45, 7) is 2.24. The average molecular weight is 335 g/mol. The molecule has 0 N–H and O–H groups in total. The normalized spacial score (nSPS) is 13.1. The Labute approximate surface area is 154 Å². The van der Waals surface area contributed by atoms with Crippen LogP contribution in [0.15, 0.2) is 78.9 Å². The standard InChI is InChI=1S/C25H21N/c1-18-16-20(19-10-4-2-5-11-19)17-23-22-14-8-9-15-24(22)26(25(18)23)21-12-6-3-7-13-21/h2-8,10-14,16-17H,9,15H2,1H3. The molecule has 0 amide bonds. The number of benzene rings is 3. The maximum absolute atomic E-state index is 2.47. The molecule has 0 radical (unpaired) electrons. The van der Waals surface area contributed by atoms with Gasteiger partial charge in [0.25, 0.3) is 0 Å². The highest BCUT2D eigenvalue weighted by molar-refractivity contribution is 5.98. The van der Waals surface area contributed by atoms with Crippen LogP contribution in [-0.2, 0) is 6.42 Å². The first-order valence-corrected chi connectivity index (χ1v) is 9.28. The van der Waals surface area contributed by atoms with E-state index in [2.05, 4.69) is 96.4 Å². The lowest BCUT2D eigenvalue weighted by molar-refractivity contribution is 0.887. The van der Waals surface area contributed by atoms with Crippen LogP contribution in [0, 0.1) is 6.92 Å². The van der Waals surface area contributed by atoms with Gasteiger partial charge in [-0.2, -0.15) is 0 Å². The fraction of sp³-hybridized carbons (Fsp3) is 0.120. The molecule has 3 aromatic carbocycles. The van der Waals surface area contributed by atoms with Crippen molar-refractivity contribution in [2.45, 2.75) is 19.8 Å². The number of nitrogens with zero attached hydrogens (tertiary/aromatic N) is 1. The number of hydrogen-bond donors (Lipinski definition) is 0. The third-order valence-electron chi connectivity index (χ3n) is 5.35. The van der Waals surface area contributed by atoms with Crippen LogP contribution in [0.3, 0.4) is 0 Å². The Kier molecular flexibility index (Phi) is 3.53. The van der Waals surface area contributed by atoms with E-state index in [1.807, 2.05) is 0 Å². The van der Waals surface area contributed by atoms with Crippen LogP contribution in [-0.4, -0.2) is 4.57 Å². The van der Waals surface area contributed by atoms with Gasteiger partial charge in [-0.05, 0) is 60.7 Å². The minimum absolute atomic E-state index is 1.09. The van der Waals surface area contributed by atoms with Crippen molar-refractivity contribution in [2.75, 3.05) is 0 Å². The first-order valence-electron chi connectivity index (χ1n) is 9.28. The fourth-order valence-corrected chi connectivity index (χ4v) is 4.21. The van der Waals surface area contributed by atoms with E-state index in [-0.39, 0.29) is 0 Å². The molecule has 5 rings (SSSR count). The Hall–Kier alpha value is -3.06. The van der Waals surface area contributed by atoms with E-state index in [0.29, 0.717) is 0 Å². The highest BCUT2D eigenvalue weighted by Crippen LogP contribution is 2.38. The summed E-state index contributed by atoms with van der Waals surface area (Å²) in [5, 5.41) is 1.36. The number of rotatable bonds is 2. The summed E-state index contributed by atoms with van der Waals surface area (Å²) >= 11 is 0. The molecule has 0 unspecified atom stereocenters. The van der Waals surface area contributed by atoms with Crippen LogP contribution in [0.25, 0.3) is 33.8 Å². The second-order valence-electron chi connectivity index (χ2n) is 7.03. The molecule has 1 heteroatoms. The first kappa shape index (κ1) is 15.2. The lowest BCUT2D eigenvalue weighted by atomic mass is 9.97. The Balaban J connectivity index is 1.86. The largest absolute Gasteiger partial charge is 0.313 e. The minimum atomic E-state index is 1.09. The monoisotopic (exact) mass is 335 g/mol. The van der Waals surface area contributed by atoms with E-state index in [9.17, 15) is 0 Å². The van der Waals surface area contributed by atoms with Crippen molar-refractivity contribution in [3.8, 4) is 16.8 Å². The van der Waals surface area contributed by atoms with Crippen molar-refractivity contribution >= 4 is 17.0 Å². The quantitative estimate of drug-likeness (QED) is 0.390. The predicted octanol–water partition coefficient (Wildman–Crippen LogP) is 6.57. The molecule has 4 aromatic rings. The van der Waals surface area contributed by atoms with Crippen LogP contribution in [0.4, 0.5) is 0 Å². The first-order chi connectivity index (χ1) is 12.8. The van der Waals surface area contributed by atoms with Gasteiger partial charge in [0.1, 0.15) is 0 Å². The number of para-hydroxylation sites is 1. The molecule has 1 nitrogen and oxygen atoms in total. The summed E-state index contributed by atoms with van der Waals surface area (Å²) in [5.74, 6) is 0. The van der Waals surface area contributed by atoms with Crippen molar-refractivity contribution in [1.29, 1.82) is 0 Å². The number of hydrogen-bond acceptors (Lipinski definition) is 0. The number of aryl methyl sites for hydroxylation is 1. The zero-order valence-corrected chi connectivity index (χ0v) is 14.9. The minimum Gasteiger partial charge on any atom is -0.313 e. The van der Waals surface area contributed by atoms with Crippen LogP contribution >= 0.6 is 0 Å². The Morgan fingerprint density at radius 2 is 1.54 bits per heavy atom. The lowest BCUT2D eigenvalue weighted by Crippen LogP contribution is -2.03. The van der Waals surface area contributed by atoms with E-state index in [4.69, 9.17) is 0 Å². The Bertz CT molecular complexity index is 1120. The third-order valence-corrected chi connectivity index (χ3v) is 5.35. The molecule has 0 saturated carbocycles. The van der Waals surface area contributed by atoms with Gasteiger partial charge in [-0.1, -0.05) is 60.7 Å². The summed E-state index contributed by atoms with van der Waals surface area (Å²) in [7, 11) is 0. The molecule has 0 bridgehead atoms. The van der Waals surface area contributed by atoms with Gasteiger partial charge in [-0.15, -0.1) is 0 Å². The van der Waals surface area contributed by atoms with Gasteiger partial charge in [-0.25, -0.2) is 0 Å². The lowest BCUT2D eigenvalue weighted by Gasteiger charge is -2.14. The van der Waals surface area contributed by atoms with Gasteiger partial charge < -0.3 is 4.57 Å². The molecule has 0 atom stereocenters. The van der Waals surface area contributed by atoms with E-state index in [1.54, 1.807) is 0 Å². The molecule has 0 fully saturated rings. The molecule has 1 aliphatic carbocycles. The molecule has 1 aromatic heterocycles. The van der Waals surface area contributed by atoms with Crippen molar-refractivity contribution in [3.63, 3.8) is 0 Å². The number of aromatic nitrogens is 1. The summed E-state index contributed by atoms with van der Waals surface area (Å²) in [6, 6.07) is 26.1. The van der Waals surface area contributed by atoms with Crippen LogP contribution in [0.1, 0.15) is 23.2 Å². The van der Waals surface area contributed by atoms with Crippen molar-refractivity contribution in [3.05, 3.63) is 95.7 Å². The van der Waals surface area contributed by atoms with Gasteiger partial charge >= 0.3 is 0 Å². The smallest absolute Gasteiger partial charge is 0.0567 e. The van der Waals surface area contributed by atoms with Crippen LogP contribution in [0.2, 0.25) is 0 Å². The van der Waals surface area contributed by atoms with Crippen LogP contribution in [0.5, 0.6) is 0 Å². The molecule has 126 valence electrons. The summed E-state index contributed by atoms with van der Waals surface area (Å²) < 4.78 is 2.47. The topological polar surface area (TPSA) is 4.93 Å². The SMILES string of the molecule is Cc1cc(-c2ccccc2)cc2c3c(n(-c4ccccc4)c12)CCC=C3. The van der Waals surface area contributed by atoms with Gasteiger partial charge in [0, 0.05) is 22.3 Å². The summed E-state index contributed by atoms with van der Waals surface area (Å²) in [6.07, 6.45) is 6.83. The number of fused-ring (bicyclic) bond motifs is 3. The van der Waals surface area contributed by atoms with Crippen LogP contribution < -0.4 is 0 Å². The zero-order valence-electron chi connectivity index (χ0n) is 14.9.